The van der Waals surface area contributed by atoms with Crippen LogP contribution in [-0.2, 0) is 0 Å². The molecule has 1 aromatic rings. The molecule has 0 aliphatic rings. The van der Waals surface area contributed by atoms with E-state index in [0.717, 1.165) is 5.56 Å². The van der Waals surface area contributed by atoms with Gasteiger partial charge in [-0.05, 0) is 24.1 Å². The molecule has 0 aromatic heterocycles. The highest BCUT2D eigenvalue weighted by atomic mass is 35.5. The maximum atomic E-state index is 5.81. The van der Waals surface area contributed by atoms with E-state index >= 15 is 0 Å². The molecule has 0 saturated heterocycles. The van der Waals surface area contributed by atoms with Gasteiger partial charge in [0.05, 0.1) is 0 Å². The quantitative estimate of drug-likeness (QED) is 0.610. The van der Waals surface area contributed by atoms with Gasteiger partial charge in [0.25, 0.3) is 0 Å². The zero-order chi connectivity index (χ0) is 7.56. The normalized spacial score (nSPS) is 9.90. The summed E-state index contributed by atoms with van der Waals surface area (Å²) in [6.07, 6.45) is 1.94. The lowest BCUT2D eigenvalue weighted by Crippen LogP contribution is -1.77. The number of halogens is 2. The van der Waals surface area contributed by atoms with E-state index in [4.69, 9.17) is 23.2 Å². The Labute approximate surface area is 70.8 Å². The summed E-state index contributed by atoms with van der Waals surface area (Å²) in [6, 6.07) is 5.45. The van der Waals surface area contributed by atoms with Crippen molar-refractivity contribution in [2.75, 3.05) is 0 Å². The number of hydrogen-bond donors (Lipinski definition) is 0. The Morgan fingerprint density at radius 1 is 1.30 bits per heavy atom. The van der Waals surface area contributed by atoms with Crippen LogP contribution in [0.15, 0.2) is 18.2 Å². The van der Waals surface area contributed by atoms with Crippen LogP contribution in [0, 0.1) is 6.42 Å². The lowest BCUT2D eigenvalue weighted by atomic mass is 10.2. The van der Waals surface area contributed by atoms with Gasteiger partial charge in [-0.25, -0.2) is 0 Å². The van der Waals surface area contributed by atoms with Gasteiger partial charge in [-0.2, -0.15) is 0 Å². The van der Waals surface area contributed by atoms with E-state index in [-0.39, 0.29) is 0 Å². The number of hydrogen-bond acceptors (Lipinski definition) is 0. The first-order valence-corrected chi connectivity index (χ1v) is 3.74. The summed E-state index contributed by atoms with van der Waals surface area (Å²) in [5, 5.41) is 1.38. The summed E-state index contributed by atoms with van der Waals surface area (Å²) in [7, 11) is 0. The minimum Gasteiger partial charge on any atom is -0.0843 e. The highest BCUT2D eigenvalue weighted by molar-refractivity contribution is 6.35. The van der Waals surface area contributed by atoms with E-state index in [1.165, 1.54) is 0 Å². The number of rotatable bonds is 1. The summed E-state index contributed by atoms with van der Waals surface area (Å²) >= 11 is 11.5. The van der Waals surface area contributed by atoms with E-state index in [2.05, 4.69) is 0 Å². The van der Waals surface area contributed by atoms with Crippen molar-refractivity contribution in [3.63, 3.8) is 0 Å². The molecule has 0 spiro atoms. The van der Waals surface area contributed by atoms with Crippen LogP contribution in [-0.4, -0.2) is 0 Å². The molecule has 0 heterocycles. The van der Waals surface area contributed by atoms with Gasteiger partial charge in [0.15, 0.2) is 0 Å². The van der Waals surface area contributed by atoms with Gasteiger partial charge in [-0.15, -0.1) is 0 Å². The maximum absolute atomic E-state index is 5.81. The molecule has 0 aliphatic heterocycles. The molecule has 0 nitrogen and oxygen atoms in total. The minimum atomic E-state index is 0.676. The molecule has 1 rings (SSSR count). The van der Waals surface area contributed by atoms with Crippen LogP contribution < -0.4 is 0 Å². The van der Waals surface area contributed by atoms with Gasteiger partial charge in [0.2, 0.25) is 0 Å². The first-order chi connectivity index (χ1) is 4.74. The van der Waals surface area contributed by atoms with Crippen molar-refractivity contribution in [1.82, 2.24) is 0 Å². The highest BCUT2D eigenvalue weighted by Crippen LogP contribution is 2.21. The van der Waals surface area contributed by atoms with Crippen molar-refractivity contribution in [2.24, 2.45) is 0 Å². The summed E-state index contributed by atoms with van der Waals surface area (Å²) < 4.78 is 0. The fourth-order valence-corrected chi connectivity index (χ4v) is 1.25. The largest absolute Gasteiger partial charge is 0.0843 e. The van der Waals surface area contributed by atoms with Gasteiger partial charge in [-0.3, -0.25) is 0 Å². The minimum absolute atomic E-state index is 0.676. The molecule has 0 saturated carbocycles. The van der Waals surface area contributed by atoms with Crippen LogP contribution in [0.25, 0.3) is 0 Å². The van der Waals surface area contributed by atoms with Crippen molar-refractivity contribution in [2.45, 2.75) is 6.92 Å². The summed E-state index contributed by atoms with van der Waals surface area (Å²) in [5.74, 6) is 0. The molecular formula is C8H7Cl2. The predicted octanol–water partition coefficient (Wildman–Crippen LogP) is 3.57. The Balaban J connectivity index is 3.07. The summed E-state index contributed by atoms with van der Waals surface area (Å²) in [6.45, 7) is 1.94. The van der Waals surface area contributed by atoms with E-state index in [1.807, 2.05) is 25.5 Å². The van der Waals surface area contributed by atoms with Gasteiger partial charge >= 0.3 is 0 Å². The monoisotopic (exact) mass is 173 g/mol. The summed E-state index contributed by atoms with van der Waals surface area (Å²) in [4.78, 5) is 0. The van der Waals surface area contributed by atoms with E-state index < -0.39 is 0 Å². The lowest BCUT2D eigenvalue weighted by molar-refractivity contribution is 1.42. The third-order valence-corrected chi connectivity index (χ3v) is 1.84. The van der Waals surface area contributed by atoms with Gasteiger partial charge in [-0.1, -0.05) is 36.2 Å². The van der Waals surface area contributed by atoms with Gasteiger partial charge < -0.3 is 0 Å². The fraction of sp³-hybridized carbons (Fsp3) is 0.125. The van der Waals surface area contributed by atoms with Crippen LogP contribution in [0.3, 0.4) is 0 Å². The Morgan fingerprint density at radius 3 is 2.50 bits per heavy atom. The Hall–Kier alpha value is -0.200. The van der Waals surface area contributed by atoms with Crippen LogP contribution in [0.1, 0.15) is 12.5 Å². The Bertz CT molecular complexity index is 231. The Morgan fingerprint density at radius 2 is 2.00 bits per heavy atom. The van der Waals surface area contributed by atoms with Crippen LogP contribution >= 0.6 is 23.2 Å². The van der Waals surface area contributed by atoms with Crippen LogP contribution in [0.5, 0.6) is 0 Å². The molecule has 1 radical (unpaired) electrons. The molecule has 2 heteroatoms. The molecule has 53 valence electrons. The molecule has 0 aliphatic carbocycles. The smallest absolute Gasteiger partial charge is 0.0455 e. The molecule has 0 N–H and O–H groups in total. The summed E-state index contributed by atoms with van der Waals surface area (Å²) in [5.41, 5.74) is 1.02. The van der Waals surface area contributed by atoms with Crippen LogP contribution in [0.2, 0.25) is 10.0 Å². The molecular weight excluding hydrogens is 167 g/mol. The average molecular weight is 174 g/mol. The first-order valence-electron chi connectivity index (χ1n) is 2.98. The first kappa shape index (κ1) is 7.90. The molecule has 0 bridgehead atoms. The second-order valence-corrected chi connectivity index (χ2v) is 2.80. The highest BCUT2D eigenvalue weighted by Gasteiger charge is 1.96. The lowest BCUT2D eigenvalue weighted by Gasteiger charge is -1.98. The topological polar surface area (TPSA) is 0 Å². The SMILES string of the molecule is C[CH]c1ccc(Cl)cc1Cl. The third kappa shape index (κ3) is 1.65. The Kier molecular flexibility index (Phi) is 2.58. The van der Waals surface area contributed by atoms with Crippen molar-refractivity contribution in [1.29, 1.82) is 0 Å². The van der Waals surface area contributed by atoms with Crippen molar-refractivity contribution >= 4 is 23.2 Å². The van der Waals surface area contributed by atoms with Crippen molar-refractivity contribution in [3.8, 4) is 0 Å². The van der Waals surface area contributed by atoms with Crippen molar-refractivity contribution < 1.29 is 0 Å². The molecule has 1 aromatic carbocycles. The molecule has 0 atom stereocenters. The second kappa shape index (κ2) is 3.27. The van der Waals surface area contributed by atoms with Gasteiger partial charge in [0.1, 0.15) is 0 Å². The zero-order valence-corrected chi connectivity index (χ0v) is 7.08. The van der Waals surface area contributed by atoms with Gasteiger partial charge in [0, 0.05) is 10.0 Å². The number of benzene rings is 1. The maximum Gasteiger partial charge on any atom is 0.0455 e. The fourth-order valence-electron chi connectivity index (χ4n) is 0.736. The zero-order valence-electron chi connectivity index (χ0n) is 5.57. The third-order valence-electron chi connectivity index (χ3n) is 1.27. The van der Waals surface area contributed by atoms with Crippen molar-refractivity contribution in [3.05, 3.63) is 40.2 Å². The predicted molar refractivity (Wildman–Crippen MR) is 45.5 cm³/mol. The molecule has 10 heavy (non-hydrogen) atoms. The molecule has 0 unspecified atom stereocenters. The molecule has 0 fully saturated rings. The van der Waals surface area contributed by atoms with Crippen LogP contribution in [0.4, 0.5) is 0 Å². The van der Waals surface area contributed by atoms with E-state index in [0.29, 0.717) is 10.0 Å². The molecule has 0 amide bonds. The van der Waals surface area contributed by atoms with E-state index in [9.17, 15) is 0 Å². The second-order valence-electron chi connectivity index (χ2n) is 1.95. The standard InChI is InChI=1S/C8H7Cl2/c1-2-6-3-4-7(9)5-8(6)10/h2-5H,1H3. The average Bonchev–Trinajstić information content (AvgIpc) is 1.88. The van der Waals surface area contributed by atoms with E-state index in [1.54, 1.807) is 6.07 Å².